The topological polar surface area (TPSA) is 30.5 Å². The highest BCUT2D eigenvalue weighted by Gasteiger charge is 2.18. The van der Waals surface area contributed by atoms with Gasteiger partial charge in [0.05, 0.1) is 13.2 Å². The van der Waals surface area contributed by atoms with Crippen LogP contribution in [0.5, 0.6) is 5.75 Å². The SMILES string of the molecule is CCCNC(CCc1ccc(OC)cc1)C(CC)OC. The number of benzene rings is 1. The number of rotatable bonds is 10. The molecular weight excluding hydrogens is 250 g/mol. The van der Waals surface area contributed by atoms with E-state index in [0.717, 1.165) is 38.0 Å². The zero-order valence-electron chi connectivity index (χ0n) is 13.3. The van der Waals surface area contributed by atoms with Crippen LogP contribution >= 0.6 is 0 Å². The van der Waals surface area contributed by atoms with Crippen molar-refractivity contribution in [2.45, 2.75) is 51.7 Å². The third-order valence-electron chi connectivity index (χ3n) is 3.71. The number of methoxy groups -OCH3 is 2. The van der Waals surface area contributed by atoms with Crippen LogP contribution in [0.3, 0.4) is 0 Å². The summed E-state index contributed by atoms with van der Waals surface area (Å²) in [5.74, 6) is 0.915. The Labute approximate surface area is 123 Å². The number of aryl methyl sites for hydroxylation is 1. The third-order valence-corrected chi connectivity index (χ3v) is 3.71. The van der Waals surface area contributed by atoms with Crippen LogP contribution in [0.25, 0.3) is 0 Å². The van der Waals surface area contributed by atoms with Crippen LogP contribution < -0.4 is 10.1 Å². The second-order valence-electron chi connectivity index (χ2n) is 5.13. The Kier molecular flexibility index (Phi) is 8.31. The molecule has 0 aromatic heterocycles. The van der Waals surface area contributed by atoms with E-state index in [9.17, 15) is 0 Å². The van der Waals surface area contributed by atoms with E-state index in [1.54, 1.807) is 7.11 Å². The molecule has 0 saturated heterocycles. The van der Waals surface area contributed by atoms with Crippen molar-refractivity contribution in [1.82, 2.24) is 5.32 Å². The first-order chi connectivity index (χ1) is 9.74. The zero-order chi connectivity index (χ0) is 14.8. The number of hydrogen-bond acceptors (Lipinski definition) is 3. The number of ether oxygens (including phenoxy) is 2. The summed E-state index contributed by atoms with van der Waals surface area (Å²) in [5, 5.41) is 3.61. The van der Waals surface area contributed by atoms with Crippen molar-refractivity contribution < 1.29 is 9.47 Å². The van der Waals surface area contributed by atoms with Crippen molar-refractivity contribution in [3.8, 4) is 5.75 Å². The average molecular weight is 279 g/mol. The molecule has 0 aliphatic heterocycles. The van der Waals surface area contributed by atoms with Gasteiger partial charge in [0.15, 0.2) is 0 Å². The summed E-state index contributed by atoms with van der Waals surface area (Å²) in [4.78, 5) is 0. The second-order valence-corrected chi connectivity index (χ2v) is 5.13. The monoisotopic (exact) mass is 279 g/mol. The Hall–Kier alpha value is -1.06. The zero-order valence-corrected chi connectivity index (χ0v) is 13.3. The third kappa shape index (κ3) is 5.51. The Morgan fingerprint density at radius 1 is 1.10 bits per heavy atom. The molecular formula is C17H29NO2. The molecule has 0 bridgehead atoms. The maximum atomic E-state index is 5.60. The van der Waals surface area contributed by atoms with E-state index in [-0.39, 0.29) is 0 Å². The lowest BCUT2D eigenvalue weighted by molar-refractivity contribution is 0.0626. The molecule has 114 valence electrons. The smallest absolute Gasteiger partial charge is 0.118 e. The average Bonchev–Trinajstić information content (AvgIpc) is 2.50. The van der Waals surface area contributed by atoms with Gasteiger partial charge in [-0.25, -0.2) is 0 Å². The summed E-state index contributed by atoms with van der Waals surface area (Å²) < 4.78 is 10.8. The molecule has 0 heterocycles. The summed E-state index contributed by atoms with van der Waals surface area (Å²) in [6.07, 6.45) is 4.64. The fourth-order valence-corrected chi connectivity index (χ4v) is 2.48. The maximum absolute atomic E-state index is 5.60. The molecule has 0 amide bonds. The van der Waals surface area contributed by atoms with Crippen molar-refractivity contribution in [2.24, 2.45) is 0 Å². The van der Waals surface area contributed by atoms with Gasteiger partial charge in [-0.05, 0) is 49.9 Å². The molecule has 3 heteroatoms. The van der Waals surface area contributed by atoms with Crippen molar-refractivity contribution in [2.75, 3.05) is 20.8 Å². The van der Waals surface area contributed by atoms with Crippen LogP contribution in [0.4, 0.5) is 0 Å². The van der Waals surface area contributed by atoms with Crippen molar-refractivity contribution in [3.63, 3.8) is 0 Å². The highest BCUT2D eigenvalue weighted by molar-refractivity contribution is 5.27. The van der Waals surface area contributed by atoms with E-state index in [2.05, 4.69) is 31.3 Å². The van der Waals surface area contributed by atoms with Crippen LogP contribution in [-0.2, 0) is 11.2 Å². The summed E-state index contributed by atoms with van der Waals surface area (Å²) in [6.45, 7) is 5.43. The van der Waals surface area contributed by atoms with Gasteiger partial charge in [0, 0.05) is 13.2 Å². The quantitative estimate of drug-likeness (QED) is 0.712. The maximum Gasteiger partial charge on any atom is 0.118 e. The van der Waals surface area contributed by atoms with Gasteiger partial charge in [-0.2, -0.15) is 0 Å². The minimum atomic E-state index is 0.291. The summed E-state index contributed by atoms with van der Waals surface area (Å²) >= 11 is 0. The molecule has 3 nitrogen and oxygen atoms in total. The first-order valence-electron chi connectivity index (χ1n) is 7.64. The van der Waals surface area contributed by atoms with E-state index >= 15 is 0 Å². The molecule has 0 saturated carbocycles. The van der Waals surface area contributed by atoms with Gasteiger partial charge < -0.3 is 14.8 Å². The molecule has 2 atom stereocenters. The largest absolute Gasteiger partial charge is 0.497 e. The van der Waals surface area contributed by atoms with Gasteiger partial charge in [-0.3, -0.25) is 0 Å². The highest BCUT2D eigenvalue weighted by atomic mass is 16.5. The number of hydrogen-bond donors (Lipinski definition) is 1. The molecule has 0 spiro atoms. The molecule has 2 unspecified atom stereocenters. The van der Waals surface area contributed by atoms with Crippen molar-refractivity contribution in [3.05, 3.63) is 29.8 Å². The van der Waals surface area contributed by atoms with Crippen LogP contribution in [0.1, 0.15) is 38.7 Å². The van der Waals surface area contributed by atoms with E-state index in [1.165, 1.54) is 5.56 Å². The Bertz CT molecular complexity index is 347. The minimum absolute atomic E-state index is 0.291. The molecule has 1 aromatic carbocycles. The fourth-order valence-electron chi connectivity index (χ4n) is 2.48. The molecule has 1 aromatic rings. The Morgan fingerprint density at radius 3 is 2.30 bits per heavy atom. The van der Waals surface area contributed by atoms with Crippen LogP contribution in [-0.4, -0.2) is 32.9 Å². The second kappa shape index (κ2) is 9.78. The van der Waals surface area contributed by atoms with Gasteiger partial charge in [-0.15, -0.1) is 0 Å². The first kappa shape index (κ1) is 17.0. The summed E-state index contributed by atoms with van der Waals surface area (Å²) in [7, 11) is 3.51. The standard InChI is InChI=1S/C17H29NO2/c1-5-13-18-16(17(6-2)20-4)12-9-14-7-10-15(19-3)11-8-14/h7-8,10-11,16-18H,5-6,9,12-13H2,1-4H3. The van der Waals surface area contributed by atoms with Crippen LogP contribution in [0.15, 0.2) is 24.3 Å². The van der Waals surface area contributed by atoms with Gasteiger partial charge in [-0.1, -0.05) is 26.0 Å². The lowest BCUT2D eigenvalue weighted by atomic mass is 9.99. The lowest BCUT2D eigenvalue weighted by Gasteiger charge is -2.26. The molecule has 0 aliphatic carbocycles. The Morgan fingerprint density at radius 2 is 1.80 bits per heavy atom. The Balaban J connectivity index is 2.54. The van der Waals surface area contributed by atoms with E-state index < -0.39 is 0 Å². The number of nitrogens with one attached hydrogen (secondary N) is 1. The van der Waals surface area contributed by atoms with Gasteiger partial charge in [0.25, 0.3) is 0 Å². The highest BCUT2D eigenvalue weighted by Crippen LogP contribution is 2.15. The van der Waals surface area contributed by atoms with E-state index in [4.69, 9.17) is 9.47 Å². The van der Waals surface area contributed by atoms with Crippen molar-refractivity contribution in [1.29, 1.82) is 0 Å². The van der Waals surface area contributed by atoms with Crippen LogP contribution in [0.2, 0.25) is 0 Å². The molecule has 0 fully saturated rings. The fraction of sp³-hybridized carbons (Fsp3) is 0.647. The molecule has 0 radical (unpaired) electrons. The normalized spacial score (nSPS) is 14.0. The van der Waals surface area contributed by atoms with Gasteiger partial charge in [0.1, 0.15) is 5.75 Å². The van der Waals surface area contributed by atoms with Crippen LogP contribution in [0, 0.1) is 0 Å². The van der Waals surface area contributed by atoms with E-state index in [0.29, 0.717) is 12.1 Å². The van der Waals surface area contributed by atoms with Gasteiger partial charge in [0.2, 0.25) is 0 Å². The summed E-state index contributed by atoms with van der Waals surface area (Å²) in [5.41, 5.74) is 1.35. The molecule has 1 rings (SSSR count). The summed E-state index contributed by atoms with van der Waals surface area (Å²) in [6, 6.07) is 8.76. The molecule has 20 heavy (non-hydrogen) atoms. The minimum Gasteiger partial charge on any atom is -0.497 e. The predicted molar refractivity (Wildman–Crippen MR) is 84.5 cm³/mol. The van der Waals surface area contributed by atoms with E-state index in [1.807, 2.05) is 19.2 Å². The first-order valence-corrected chi connectivity index (χ1v) is 7.64. The predicted octanol–water partition coefficient (Wildman–Crippen LogP) is 3.42. The lowest BCUT2D eigenvalue weighted by Crippen LogP contribution is -2.41. The van der Waals surface area contributed by atoms with Crippen molar-refractivity contribution >= 4 is 0 Å². The molecule has 0 aliphatic rings. The molecule has 1 N–H and O–H groups in total. The van der Waals surface area contributed by atoms with Gasteiger partial charge >= 0.3 is 0 Å².